The molecule has 0 radical (unpaired) electrons. The molecule has 4 nitrogen and oxygen atoms in total. The van der Waals surface area contributed by atoms with Gasteiger partial charge < -0.3 is 9.83 Å². The fourth-order valence-corrected chi connectivity index (χ4v) is 4.03. The van der Waals surface area contributed by atoms with Gasteiger partial charge in [-0.1, -0.05) is 34.5 Å². The van der Waals surface area contributed by atoms with Gasteiger partial charge in [0, 0.05) is 14.4 Å². The van der Waals surface area contributed by atoms with Crippen molar-refractivity contribution in [2.45, 2.75) is 16.7 Å². The lowest BCUT2D eigenvalue weighted by molar-refractivity contribution is 0.462. The van der Waals surface area contributed by atoms with Gasteiger partial charge in [-0.3, -0.25) is 0 Å². The Morgan fingerprint density at radius 1 is 1.32 bits per heavy atom. The molecule has 0 bridgehead atoms. The minimum atomic E-state index is 0.145. The number of benzene rings is 2. The van der Waals surface area contributed by atoms with Crippen molar-refractivity contribution in [3.63, 3.8) is 0 Å². The summed E-state index contributed by atoms with van der Waals surface area (Å²) in [6.45, 7) is 1.99. The highest BCUT2D eigenvalue weighted by Crippen LogP contribution is 2.41. The molecule has 0 aliphatic carbocycles. The van der Waals surface area contributed by atoms with E-state index in [2.05, 4.69) is 25.8 Å². The van der Waals surface area contributed by atoms with Crippen LogP contribution in [-0.2, 0) is 0 Å². The number of phenolic OH excluding ortho intramolecular Hbond substituents is 1. The Bertz CT molecular complexity index is 701. The van der Waals surface area contributed by atoms with Gasteiger partial charge >= 0.3 is 0 Å². The first-order valence-corrected chi connectivity index (χ1v) is 9.23. The van der Waals surface area contributed by atoms with Crippen LogP contribution in [0, 0.1) is 4.91 Å². The third-order valence-electron chi connectivity index (χ3n) is 2.62. The Morgan fingerprint density at radius 2 is 2.09 bits per heavy atom. The summed E-state index contributed by atoms with van der Waals surface area (Å²) < 4.78 is 3.88. The third-order valence-corrected chi connectivity index (χ3v) is 5.11. The van der Waals surface area contributed by atoms with Crippen LogP contribution < -0.4 is 4.72 Å². The standard InChI is InChI=1S/C14H12BrClN2O2S2/c1-2-21-13-7-9(16)6-10(14(13)17-20)18-22-12-5-8(15)3-4-11(12)19/h3-7,18-19H,2H2,1H3. The summed E-state index contributed by atoms with van der Waals surface area (Å²) in [5.41, 5.74) is 0.834. The molecule has 0 aromatic heterocycles. The second-order valence-electron chi connectivity index (χ2n) is 4.14. The molecule has 2 aromatic rings. The molecule has 2 N–H and O–H groups in total. The lowest BCUT2D eigenvalue weighted by Gasteiger charge is -2.12. The molecule has 0 saturated carbocycles. The number of aromatic hydroxyl groups is 1. The van der Waals surface area contributed by atoms with Crippen molar-refractivity contribution < 1.29 is 5.11 Å². The van der Waals surface area contributed by atoms with Gasteiger partial charge in [0.25, 0.3) is 0 Å². The van der Waals surface area contributed by atoms with E-state index in [0.29, 0.717) is 21.3 Å². The van der Waals surface area contributed by atoms with Gasteiger partial charge in [-0.15, -0.1) is 16.7 Å². The second-order valence-corrected chi connectivity index (χ2v) is 7.65. The molecule has 0 heterocycles. The number of thioether (sulfide) groups is 1. The van der Waals surface area contributed by atoms with Crippen LogP contribution in [-0.4, -0.2) is 10.9 Å². The smallest absolute Gasteiger partial charge is 0.145 e. The van der Waals surface area contributed by atoms with E-state index in [1.165, 1.54) is 23.7 Å². The van der Waals surface area contributed by atoms with E-state index in [1.54, 1.807) is 30.3 Å². The minimum Gasteiger partial charge on any atom is -0.507 e. The van der Waals surface area contributed by atoms with Crippen LogP contribution >= 0.6 is 51.2 Å². The molecule has 8 heteroatoms. The number of hydrogen-bond acceptors (Lipinski definition) is 6. The van der Waals surface area contributed by atoms with E-state index >= 15 is 0 Å². The predicted molar refractivity (Wildman–Crippen MR) is 98.6 cm³/mol. The Labute approximate surface area is 150 Å². The van der Waals surface area contributed by atoms with Gasteiger partial charge in [0.1, 0.15) is 11.4 Å². The molecule has 116 valence electrons. The number of halogens is 2. The summed E-state index contributed by atoms with van der Waals surface area (Å²) in [6.07, 6.45) is 0. The van der Waals surface area contributed by atoms with Crippen LogP contribution in [0.25, 0.3) is 0 Å². The maximum Gasteiger partial charge on any atom is 0.145 e. The Kier molecular flexibility index (Phi) is 6.43. The molecule has 0 aliphatic heterocycles. The van der Waals surface area contributed by atoms with E-state index in [0.717, 1.165) is 15.1 Å². The van der Waals surface area contributed by atoms with Crippen molar-refractivity contribution in [2.75, 3.05) is 10.5 Å². The number of nitrogens with zero attached hydrogens (tertiary/aromatic N) is 1. The molecule has 2 aromatic carbocycles. The number of nitroso groups, excluding NO2 is 1. The highest BCUT2D eigenvalue weighted by Gasteiger charge is 2.13. The molecular formula is C14H12BrClN2O2S2. The first-order valence-electron chi connectivity index (χ1n) is 6.26. The number of rotatable bonds is 6. The molecular weight excluding hydrogens is 408 g/mol. The normalized spacial score (nSPS) is 10.5. The summed E-state index contributed by atoms with van der Waals surface area (Å²) in [5.74, 6) is 0.952. The average molecular weight is 420 g/mol. The molecule has 0 fully saturated rings. The quantitative estimate of drug-likeness (QED) is 0.320. The Hall–Kier alpha value is -0.890. The number of anilines is 1. The van der Waals surface area contributed by atoms with E-state index in [-0.39, 0.29) is 5.75 Å². The van der Waals surface area contributed by atoms with Gasteiger partial charge in [-0.2, -0.15) is 0 Å². The van der Waals surface area contributed by atoms with Crippen molar-refractivity contribution in [2.24, 2.45) is 5.18 Å². The number of nitrogens with one attached hydrogen (secondary N) is 1. The fraction of sp³-hybridized carbons (Fsp3) is 0.143. The molecule has 0 unspecified atom stereocenters. The number of hydrogen-bond donors (Lipinski definition) is 2. The first-order chi connectivity index (χ1) is 10.5. The van der Waals surface area contributed by atoms with Crippen LogP contribution in [0.1, 0.15) is 6.92 Å². The first kappa shape index (κ1) is 17.5. The zero-order chi connectivity index (χ0) is 16.1. The zero-order valence-corrected chi connectivity index (χ0v) is 15.4. The van der Waals surface area contributed by atoms with Crippen LogP contribution in [0.5, 0.6) is 5.75 Å². The summed E-state index contributed by atoms with van der Waals surface area (Å²) in [4.78, 5) is 12.5. The zero-order valence-electron chi connectivity index (χ0n) is 11.5. The van der Waals surface area contributed by atoms with Gasteiger partial charge in [-0.05, 0) is 53.2 Å². The molecule has 0 atom stereocenters. The SMILES string of the molecule is CCSc1cc(Cl)cc(NSc2cc(Br)ccc2O)c1N=O. The monoisotopic (exact) mass is 418 g/mol. The molecule has 22 heavy (non-hydrogen) atoms. The lowest BCUT2D eigenvalue weighted by atomic mass is 10.3. The van der Waals surface area contributed by atoms with E-state index in [9.17, 15) is 10.0 Å². The highest BCUT2D eigenvalue weighted by atomic mass is 79.9. The molecule has 2 rings (SSSR count). The van der Waals surface area contributed by atoms with Crippen molar-refractivity contribution in [1.82, 2.24) is 0 Å². The summed E-state index contributed by atoms with van der Waals surface area (Å²) >= 11 is 12.1. The average Bonchev–Trinajstić information content (AvgIpc) is 2.48. The molecule has 0 spiro atoms. The lowest BCUT2D eigenvalue weighted by Crippen LogP contribution is -1.90. The Morgan fingerprint density at radius 3 is 2.77 bits per heavy atom. The largest absolute Gasteiger partial charge is 0.507 e. The summed E-state index contributed by atoms with van der Waals surface area (Å²) in [7, 11) is 0. The van der Waals surface area contributed by atoms with Gasteiger partial charge in [0.2, 0.25) is 0 Å². The second kappa shape index (κ2) is 8.10. The minimum absolute atomic E-state index is 0.145. The van der Waals surface area contributed by atoms with Crippen LogP contribution in [0.3, 0.4) is 0 Å². The van der Waals surface area contributed by atoms with Gasteiger partial charge in [0.05, 0.1) is 10.6 Å². The molecule has 0 amide bonds. The van der Waals surface area contributed by atoms with Gasteiger partial charge in [0.15, 0.2) is 0 Å². The molecule has 0 aliphatic rings. The maximum absolute atomic E-state index is 11.2. The van der Waals surface area contributed by atoms with Crippen LogP contribution in [0.2, 0.25) is 5.02 Å². The van der Waals surface area contributed by atoms with Crippen LogP contribution in [0.15, 0.2) is 49.8 Å². The topological polar surface area (TPSA) is 61.7 Å². The summed E-state index contributed by atoms with van der Waals surface area (Å²) in [6, 6.07) is 8.46. The maximum atomic E-state index is 11.2. The molecule has 0 saturated heterocycles. The van der Waals surface area contributed by atoms with E-state index in [1.807, 2.05) is 6.92 Å². The van der Waals surface area contributed by atoms with Gasteiger partial charge in [-0.25, -0.2) is 0 Å². The van der Waals surface area contributed by atoms with E-state index < -0.39 is 0 Å². The van der Waals surface area contributed by atoms with Crippen molar-refractivity contribution in [3.8, 4) is 5.75 Å². The van der Waals surface area contributed by atoms with Crippen molar-refractivity contribution >= 4 is 62.6 Å². The van der Waals surface area contributed by atoms with Crippen molar-refractivity contribution in [1.29, 1.82) is 0 Å². The predicted octanol–water partition coefficient (Wildman–Crippen LogP) is 6.44. The fourth-order valence-electron chi connectivity index (χ4n) is 1.69. The van der Waals surface area contributed by atoms with E-state index in [4.69, 9.17) is 11.6 Å². The van der Waals surface area contributed by atoms with Crippen LogP contribution in [0.4, 0.5) is 11.4 Å². The summed E-state index contributed by atoms with van der Waals surface area (Å²) in [5, 5.41) is 13.5. The third kappa shape index (κ3) is 4.32. The number of phenols is 1. The highest BCUT2D eigenvalue weighted by molar-refractivity contribution is 9.10. The Balaban J connectivity index is 2.29. The van der Waals surface area contributed by atoms with Crippen molar-refractivity contribution in [3.05, 3.63) is 44.7 Å².